The summed E-state index contributed by atoms with van der Waals surface area (Å²) in [6, 6.07) is 5.08. The molecule has 0 radical (unpaired) electrons. The normalized spacial score (nSPS) is 11.4. The third-order valence-corrected chi connectivity index (χ3v) is 4.17. The van der Waals surface area contributed by atoms with E-state index >= 15 is 0 Å². The Bertz CT molecular complexity index is 469. The minimum absolute atomic E-state index is 0.0429. The van der Waals surface area contributed by atoms with E-state index in [-0.39, 0.29) is 11.5 Å². The standard InChI is InChI=1S/C12H19NO3S/c1-3-4-7-17(14,15)9-10-5-6-12(16-2)11(13)8-10/h5-6,8H,3-4,7,9,13H2,1-2H3. The Morgan fingerprint density at radius 2 is 2.06 bits per heavy atom. The molecular weight excluding hydrogens is 238 g/mol. The summed E-state index contributed by atoms with van der Waals surface area (Å²) in [7, 11) is -1.50. The molecule has 1 aromatic rings. The molecule has 0 aliphatic rings. The zero-order valence-corrected chi connectivity index (χ0v) is 11.1. The molecule has 0 aliphatic carbocycles. The SMILES string of the molecule is CCCCS(=O)(=O)Cc1ccc(OC)c(N)c1. The van der Waals surface area contributed by atoms with Crippen LogP contribution in [0, 0.1) is 0 Å². The van der Waals surface area contributed by atoms with E-state index in [9.17, 15) is 8.42 Å². The van der Waals surface area contributed by atoms with Crippen LogP contribution in [0.25, 0.3) is 0 Å². The molecule has 5 heteroatoms. The van der Waals surface area contributed by atoms with Gasteiger partial charge in [-0.25, -0.2) is 8.42 Å². The molecule has 2 N–H and O–H groups in total. The van der Waals surface area contributed by atoms with Crippen molar-refractivity contribution < 1.29 is 13.2 Å². The van der Waals surface area contributed by atoms with Crippen molar-refractivity contribution in [2.24, 2.45) is 0 Å². The van der Waals surface area contributed by atoms with Crippen LogP contribution >= 0.6 is 0 Å². The van der Waals surface area contributed by atoms with E-state index in [1.807, 2.05) is 6.92 Å². The van der Waals surface area contributed by atoms with Crippen LogP contribution in [0.15, 0.2) is 18.2 Å². The van der Waals surface area contributed by atoms with Gasteiger partial charge in [0.25, 0.3) is 0 Å². The summed E-state index contributed by atoms with van der Waals surface area (Å²) in [4.78, 5) is 0. The summed E-state index contributed by atoms with van der Waals surface area (Å²) in [5.74, 6) is 0.844. The number of rotatable bonds is 6. The third-order valence-electron chi connectivity index (χ3n) is 2.49. The van der Waals surface area contributed by atoms with Gasteiger partial charge in [-0.3, -0.25) is 0 Å². The molecule has 96 valence electrons. The maximum Gasteiger partial charge on any atom is 0.154 e. The summed E-state index contributed by atoms with van der Waals surface area (Å²) in [6.45, 7) is 1.97. The van der Waals surface area contributed by atoms with Crippen LogP contribution in [-0.4, -0.2) is 21.3 Å². The highest BCUT2D eigenvalue weighted by molar-refractivity contribution is 7.90. The van der Waals surface area contributed by atoms with Gasteiger partial charge in [0.1, 0.15) is 5.75 Å². The molecule has 0 unspecified atom stereocenters. The lowest BCUT2D eigenvalue weighted by Gasteiger charge is -2.07. The lowest BCUT2D eigenvalue weighted by Crippen LogP contribution is -2.09. The first kappa shape index (κ1) is 13.8. The quantitative estimate of drug-likeness (QED) is 0.791. The second-order valence-electron chi connectivity index (χ2n) is 4.02. The molecule has 0 saturated carbocycles. The average molecular weight is 257 g/mol. The van der Waals surface area contributed by atoms with E-state index < -0.39 is 9.84 Å². The van der Waals surface area contributed by atoms with Gasteiger partial charge in [0.15, 0.2) is 9.84 Å². The molecule has 0 amide bonds. The van der Waals surface area contributed by atoms with Crippen LogP contribution in [0.3, 0.4) is 0 Å². The minimum atomic E-state index is -3.03. The summed E-state index contributed by atoms with van der Waals surface area (Å²) in [5.41, 5.74) is 6.91. The first-order valence-electron chi connectivity index (χ1n) is 5.61. The summed E-state index contributed by atoms with van der Waals surface area (Å²) < 4.78 is 28.5. The number of unbranched alkanes of at least 4 members (excludes halogenated alkanes) is 1. The number of nitrogen functional groups attached to an aromatic ring is 1. The molecule has 0 fully saturated rings. The van der Waals surface area contributed by atoms with Crippen LogP contribution in [0.4, 0.5) is 5.69 Å². The molecule has 0 aliphatic heterocycles. The minimum Gasteiger partial charge on any atom is -0.495 e. The highest BCUT2D eigenvalue weighted by Gasteiger charge is 2.12. The lowest BCUT2D eigenvalue weighted by atomic mass is 10.2. The number of hydrogen-bond acceptors (Lipinski definition) is 4. The molecule has 0 atom stereocenters. The van der Waals surface area contributed by atoms with Gasteiger partial charge in [-0.2, -0.15) is 0 Å². The smallest absolute Gasteiger partial charge is 0.154 e. The molecule has 17 heavy (non-hydrogen) atoms. The van der Waals surface area contributed by atoms with Crippen molar-refractivity contribution in [3.8, 4) is 5.75 Å². The van der Waals surface area contributed by atoms with Crippen molar-refractivity contribution in [3.63, 3.8) is 0 Å². The van der Waals surface area contributed by atoms with Gasteiger partial charge >= 0.3 is 0 Å². The van der Waals surface area contributed by atoms with E-state index in [4.69, 9.17) is 10.5 Å². The highest BCUT2D eigenvalue weighted by atomic mass is 32.2. The fourth-order valence-corrected chi connectivity index (χ4v) is 3.12. The van der Waals surface area contributed by atoms with Crippen molar-refractivity contribution in [2.75, 3.05) is 18.6 Å². The van der Waals surface area contributed by atoms with E-state index in [0.717, 1.165) is 6.42 Å². The Hall–Kier alpha value is -1.23. The maximum atomic E-state index is 11.8. The molecule has 4 nitrogen and oxygen atoms in total. The van der Waals surface area contributed by atoms with Crippen LogP contribution < -0.4 is 10.5 Å². The first-order valence-corrected chi connectivity index (χ1v) is 7.43. The Balaban J connectivity index is 2.78. The third kappa shape index (κ3) is 4.26. The highest BCUT2D eigenvalue weighted by Crippen LogP contribution is 2.23. The molecular formula is C12H19NO3S. The van der Waals surface area contributed by atoms with Crippen molar-refractivity contribution in [1.82, 2.24) is 0 Å². The van der Waals surface area contributed by atoms with E-state index in [2.05, 4.69) is 0 Å². The Labute approximate surface area is 103 Å². The predicted octanol–water partition coefficient (Wildman–Crippen LogP) is 1.99. The summed E-state index contributed by atoms with van der Waals surface area (Å²) in [6.07, 6.45) is 1.58. The van der Waals surface area contributed by atoms with E-state index in [0.29, 0.717) is 23.4 Å². The second-order valence-corrected chi connectivity index (χ2v) is 6.21. The molecule has 1 aromatic carbocycles. The van der Waals surface area contributed by atoms with Gasteiger partial charge in [-0.1, -0.05) is 19.4 Å². The van der Waals surface area contributed by atoms with Crippen molar-refractivity contribution in [2.45, 2.75) is 25.5 Å². The summed E-state index contributed by atoms with van der Waals surface area (Å²) in [5, 5.41) is 0. The van der Waals surface area contributed by atoms with E-state index in [1.54, 1.807) is 18.2 Å². The number of nitrogens with two attached hydrogens (primary N) is 1. The van der Waals surface area contributed by atoms with Crippen molar-refractivity contribution in [3.05, 3.63) is 23.8 Å². The lowest BCUT2D eigenvalue weighted by molar-refractivity contribution is 0.417. The van der Waals surface area contributed by atoms with E-state index in [1.165, 1.54) is 7.11 Å². The number of ether oxygens (including phenoxy) is 1. The van der Waals surface area contributed by atoms with Crippen LogP contribution in [-0.2, 0) is 15.6 Å². The number of benzene rings is 1. The molecule has 0 bridgehead atoms. The topological polar surface area (TPSA) is 69.4 Å². The van der Waals surface area contributed by atoms with Gasteiger partial charge in [-0.15, -0.1) is 0 Å². The molecule has 1 rings (SSSR count). The Kier molecular flexibility index (Phi) is 4.81. The number of methoxy groups -OCH3 is 1. The fraction of sp³-hybridized carbons (Fsp3) is 0.500. The average Bonchev–Trinajstić information content (AvgIpc) is 2.26. The second kappa shape index (κ2) is 5.91. The zero-order chi connectivity index (χ0) is 12.9. The fourth-order valence-electron chi connectivity index (χ4n) is 1.56. The van der Waals surface area contributed by atoms with Gasteiger partial charge in [0.05, 0.1) is 24.3 Å². The number of sulfone groups is 1. The maximum absolute atomic E-state index is 11.8. The van der Waals surface area contributed by atoms with Gasteiger partial charge < -0.3 is 10.5 Å². The van der Waals surface area contributed by atoms with Gasteiger partial charge in [-0.05, 0) is 24.1 Å². The summed E-state index contributed by atoms with van der Waals surface area (Å²) >= 11 is 0. The van der Waals surface area contributed by atoms with Crippen LogP contribution in [0.1, 0.15) is 25.3 Å². The molecule has 0 heterocycles. The first-order chi connectivity index (χ1) is 7.98. The Morgan fingerprint density at radius 3 is 2.59 bits per heavy atom. The zero-order valence-electron chi connectivity index (χ0n) is 10.3. The van der Waals surface area contributed by atoms with Crippen LogP contribution in [0.2, 0.25) is 0 Å². The van der Waals surface area contributed by atoms with Gasteiger partial charge in [0.2, 0.25) is 0 Å². The molecule has 0 saturated heterocycles. The largest absolute Gasteiger partial charge is 0.495 e. The molecule has 0 spiro atoms. The number of hydrogen-bond donors (Lipinski definition) is 1. The van der Waals surface area contributed by atoms with Gasteiger partial charge in [0, 0.05) is 0 Å². The monoisotopic (exact) mass is 257 g/mol. The van der Waals surface area contributed by atoms with Crippen molar-refractivity contribution in [1.29, 1.82) is 0 Å². The predicted molar refractivity (Wildman–Crippen MR) is 69.8 cm³/mol. The molecule has 0 aromatic heterocycles. The van der Waals surface area contributed by atoms with Crippen LogP contribution in [0.5, 0.6) is 5.75 Å². The Morgan fingerprint density at radius 1 is 1.35 bits per heavy atom. The number of anilines is 1. The van der Waals surface area contributed by atoms with Crippen molar-refractivity contribution >= 4 is 15.5 Å².